The van der Waals surface area contributed by atoms with Crippen molar-refractivity contribution in [2.45, 2.75) is 44.7 Å². The Labute approximate surface area is 227 Å². The fourth-order valence-corrected chi connectivity index (χ4v) is 4.82. The molecule has 6 nitrogen and oxygen atoms in total. The molecule has 0 atom stereocenters. The van der Waals surface area contributed by atoms with Gasteiger partial charge in [0, 0.05) is 25.9 Å². The highest BCUT2D eigenvalue weighted by atomic mass is 32.2. The summed E-state index contributed by atoms with van der Waals surface area (Å²) in [6.45, 7) is 2.23. The lowest BCUT2D eigenvalue weighted by Gasteiger charge is -2.16. The van der Waals surface area contributed by atoms with Crippen molar-refractivity contribution in [3.05, 3.63) is 77.9 Å². The summed E-state index contributed by atoms with van der Waals surface area (Å²) in [4.78, 5) is 12.3. The molecule has 0 radical (unpaired) electrons. The molecule has 0 aromatic heterocycles. The van der Waals surface area contributed by atoms with Gasteiger partial charge in [-0.15, -0.1) is 0 Å². The van der Waals surface area contributed by atoms with Gasteiger partial charge in [0.1, 0.15) is 5.78 Å². The summed E-state index contributed by atoms with van der Waals surface area (Å²) in [5, 5.41) is 0. The molecule has 1 fully saturated rings. The minimum Gasteiger partial charge on any atom is -0.454 e. The first-order valence-corrected chi connectivity index (χ1v) is 13.4. The fraction of sp³-hybridized carbons (Fsp3) is 0.345. The second-order valence-electron chi connectivity index (χ2n) is 9.70. The molecule has 2 aliphatic rings. The minimum atomic E-state index is -4.57. The van der Waals surface area contributed by atoms with Gasteiger partial charge in [-0.3, -0.25) is 4.79 Å². The van der Waals surface area contributed by atoms with Crippen molar-refractivity contribution in [2.75, 3.05) is 20.9 Å². The lowest BCUT2D eigenvalue weighted by molar-refractivity contribution is -0.137. The summed E-state index contributed by atoms with van der Waals surface area (Å²) in [6, 6.07) is 16.6. The van der Waals surface area contributed by atoms with Gasteiger partial charge in [0.15, 0.2) is 11.5 Å². The summed E-state index contributed by atoms with van der Waals surface area (Å²) in [5.41, 5.74) is -0.504. The standard InChI is InChI=1S/C21H22F3NO3S.C7H6O2.CH4/c1-20(10-11-20)19(26)13-14-4-9-18(21(22,23)24)17(12-14)15-5-7-16(8-6-15)29(27,28)25(2)3;1-2-4-7-6(3-1)8-5-9-7;/h4-9,12H,10-11,13H2,1-3H3;1-4H,5H2;1H4. The molecule has 1 heterocycles. The van der Waals surface area contributed by atoms with E-state index in [1.54, 1.807) is 0 Å². The number of ketones is 1. The fourth-order valence-electron chi connectivity index (χ4n) is 3.91. The Bertz CT molecular complexity index is 1410. The predicted octanol–water partition coefficient (Wildman–Crippen LogP) is 6.59. The molecule has 3 aromatic rings. The maximum atomic E-state index is 13.5. The van der Waals surface area contributed by atoms with E-state index in [9.17, 15) is 26.4 Å². The average molecular weight is 564 g/mol. The van der Waals surface area contributed by atoms with Gasteiger partial charge in [-0.25, -0.2) is 12.7 Å². The first-order chi connectivity index (χ1) is 17.8. The number of carbonyl (C=O) groups is 1. The van der Waals surface area contributed by atoms with Crippen molar-refractivity contribution >= 4 is 15.8 Å². The highest BCUT2D eigenvalue weighted by Gasteiger charge is 2.44. The molecule has 0 unspecified atom stereocenters. The Morgan fingerprint density at radius 3 is 2.00 bits per heavy atom. The first-order valence-electron chi connectivity index (χ1n) is 11.9. The number of fused-ring (bicyclic) bond motifs is 1. The van der Waals surface area contributed by atoms with Gasteiger partial charge in [0.2, 0.25) is 16.8 Å². The van der Waals surface area contributed by atoms with Crippen LogP contribution in [0.3, 0.4) is 0 Å². The van der Waals surface area contributed by atoms with Gasteiger partial charge in [-0.1, -0.05) is 50.7 Å². The molecule has 0 spiro atoms. The molecular weight excluding hydrogens is 531 g/mol. The summed E-state index contributed by atoms with van der Waals surface area (Å²) in [7, 11) is -0.920. The van der Waals surface area contributed by atoms with Crippen LogP contribution in [-0.2, 0) is 27.4 Å². The normalized spacial score (nSPS) is 15.2. The van der Waals surface area contributed by atoms with E-state index in [4.69, 9.17) is 9.47 Å². The van der Waals surface area contributed by atoms with Crippen LogP contribution in [0, 0.1) is 5.41 Å². The van der Waals surface area contributed by atoms with Crippen molar-refractivity contribution in [1.29, 1.82) is 0 Å². The van der Waals surface area contributed by atoms with Crippen molar-refractivity contribution in [3.8, 4) is 22.6 Å². The molecular formula is C29H32F3NO5S. The topological polar surface area (TPSA) is 72.9 Å². The Balaban J connectivity index is 0.000000352. The van der Waals surface area contributed by atoms with E-state index in [1.165, 1.54) is 50.5 Å². The Morgan fingerprint density at radius 2 is 1.51 bits per heavy atom. The van der Waals surface area contributed by atoms with Crippen molar-refractivity contribution < 1.29 is 35.9 Å². The quantitative estimate of drug-likeness (QED) is 0.339. The van der Waals surface area contributed by atoms with Crippen molar-refractivity contribution in [2.24, 2.45) is 5.41 Å². The smallest absolute Gasteiger partial charge is 0.417 e. The molecule has 1 aliphatic carbocycles. The third-order valence-corrected chi connectivity index (χ3v) is 8.48. The predicted molar refractivity (Wildman–Crippen MR) is 143 cm³/mol. The number of Topliss-reactive ketones (excluding diaryl/α,β-unsaturated/α-hetero) is 1. The Morgan fingerprint density at radius 1 is 0.949 bits per heavy atom. The number of ether oxygens (including phenoxy) is 2. The van der Waals surface area contributed by atoms with Crippen molar-refractivity contribution in [1.82, 2.24) is 4.31 Å². The number of carbonyl (C=O) groups excluding carboxylic acids is 1. The molecule has 0 bridgehead atoms. The largest absolute Gasteiger partial charge is 0.454 e. The van der Waals surface area contributed by atoms with E-state index in [0.29, 0.717) is 12.4 Å². The number of benzene rings is 3. The molecule has 10 heteroatoms. The average Bonchev–Trinajstić information content (AvgIpc) is 3.45. The lowest BCUT2D eigenvalue weighted by atomic mass is 9.92. The molecule has 3 aromatic carbocycles. The SMILES string of the molecule is C.CN(C)S(=O)(=O)c1ccc(-c2cc(CC(=O)C3(C)CC3)ccc2C(F)(F)F)cc1.c1ccc2c(c1)OCO2. The second kappa shape index (κ2) is 11.4. The number of rotatable bonds is 6. The number of halogens is 3. The number of sulfonamides is 1. The van der Waals surface area contributed by atoms with E-state index in [0.717, 1.165) is 34.7 Å². The van der Waals surface area contributed by atoms with Crippen LogP contribution in [0.2, 0.25) is 0 Å². The van der Waals surface area contributed by atoms with Gasteiger partial charge >= 0.3 is 6.18 Å². The highest BCUT2D eigenvalue weighted by molar-refractivity contribution is 7.89. The molecule has 0 amide bonds. The van der Waals surface area contributed by atoms with E-state index in [-0.39, 0.29) is 41.1 Å². The van der Waals surface area contributed by atoms with Crippen LogP contribution in [-0.4, -0.2) is 39.4 Å². The van der Waals surface area contributed by atoms with Crippen molar-refractivity contribution in [3.63, 3.8) is 0 Å². The molecule has 0 N–H and O–H groups in total. The summed E-state index contributed by atoms with van der Waals surface area (Å²) in [5.74, 6) is 1.71. The minimum absolute atomic E-state index is 0. The zero-order valence-corrected chi connectivity index (χ0v) is 22.0. The lowest BCUT2D eigenvalue weighted by Crippen LogP contribution is -2.22. The van der Waals surface area contributed by atoms with E-state index < -0.39 is 21.8 Å². The number of alkyl halides is 3. The van der Waals surface area contributed by atoms with Crippen LogP contribution < -0.4 is 9.47 Å². The van der Waals surface area contributed by atoms with Crippen LogP contribution >= 0.6 is 0 Å². The Hall–Kier alpha value is -3.37. The molecule has 1 saturated carbocycles. The van der Waals surface area contributed by atoms with E-state index in [1.807, 2.05) is 31.2 Å². The number of nitrogens with zero attached hydrogens (tertiary/aromatic N) is 1. The van der Waals surface area contributed by atoms with Crippen LogP contribution in [0.5, 0.6) is 11.5 Å². The van der Waals surface area contributed by atoms with Crippen LogP contribution in [0.25, 0.3) is 11.1 Å². The molecule has 210 valence electrons. The van der Waals surface area contributed by atoms with Gasteiger partial charge in [0.05, 0.1) is 10.5 Å². The molecule has 1 aliphatic heterocycles. The molecule has 39 heavy (non-hydrogen) atoms. The van der Waals surface area contributed by atoms with Crippen LogP contribution in [0.4, 0.5) is 13.2 Å². The van der Waals surface area contributed by atoms with Crippen LogP contribution in [0.1, 0.15) is 38.3 Å². The second-order valence-corrected chi connectivity index (χ2v) is 11.9. The zero-order chi connectivity index (χ0) is 27.7. The number of para-hydroxylation sites is 2. The maximum absolute atomic E-state index is 13.5. The third-order valence-electron chi connectivity index (χ3n) is 6.65. The number of hydrogen-bond donors (Lipinski definition) is 0. The highest BCUT2D eigenvalue weighted by Crippen LogP contribution is 2.46. The van der Waals surface area contributed by atoms with Crippen LogP contribution in [0.15, 0.2) is 71.6 Å². The molecule has 0 saturated heterocycles. The van der Waals surface area contributed by atoms with Gasteiger partial charge in [-0.2, -0.15) is 13.2 Å². The third kappa shape index (κ3) is 6.80. The van der Waals surface area contributed by atoms with Gasteiger partial charge in [0.25, 0.3) is 0 Å². The summed E-state index contributed by atoms with van der Waals surface area (Å²) >= 11 is 0. The Kier molecular flexibility index (Phi) is 8.82. The zero-order valence-electron chi connectivity index (χ0n) is 21.2. The molecule has 5 rings (SSSR count). The van der Waals surface area contributed by atoms with E-state index >= 15 is 0 Å². The number of hydrogen-bond acceptors (Lipinski definition) is 5. The summed E-state index contributed by atoms with van der Waals surface area (Å²) in [6.07, 6.45) is -2.88. The van der Waals surface area contributed by atoms with Gasteiger partial charge < -0.3 is 9.47 Å². The van der Waals surface area contributed by atoms with Gasteiger partial charge in [-0.05, 0) is 59.9 Å². The first kappa shape index (κ1) is 30.2. The summed E-state index contributed by atoms with van der Waals surface area (Å²) < 4.78 is 76.2. The maximum Gasteiger partial charge on any atom is 0.417 e. The monoisotopic (exact) mass is 563 g/mol. The van der Waals surface area contributed by atoms with E-state index in [2.05, 4.69) is 0 Å².